The van der Waals surface area contributed by atoms with Gasteiger partial charge >= 0.3 is 0 Å². The summed E-state index contributed by atoms with van der Waals surface area (Å²) in [6.07, 6.45) is 0. The van der Waals surface area contributed by atoms with Crippen LogP contribution in [0.1, 0.15) is 18.5 Å². The molecule has 0 saturated carbocycles. The Bertz CT molecular complexity index is 304. The molecule has 16 heavy (non-hydrogen) atoms. The van der Waals surface area contributed by atoms with E-state index in [1.807, 2.05) is 0 Å². The van der Waals surface area contributed by atoms with Crippen molar-refractivity contribution in [3.05, 3.63) is 35.9 Å². The van der Waals surface area contributed by atoms with Crippen molar-refractivity contribution in [2.24, 2.45) is 0 Å². The van der Waals surface area contributed by atoms with Gasteiger partial charge in [-0.15, -0.1) is 0 Å². The third-order valence-corrected chi connectivity index (χ3v) is 3.18. The number of nitrogens with one attached hydrogen (secondary N) is 1. The fraction of sp³-hybridized carbons (Fsp3) is 0.538. The van der Waals surface area contributed by atoms with Gasteiger partial charge in [-0.1, -0.05) is 30.3 Å². The molecule has 0 bridgehead atoms. The molecular weight excluding hydrogens is 198 g/mol. The minimum absolute atomic E-state index is 0.393. The third-order valence-electron chi connectivity index (χ3n) is 3.18. The molecule has 1 fully saturated rings. The molecule has 1 aliphatic rings. The highest BCUT2D eigenvalue weighted by molar-refractivity contribution is 5.17. The molecule has 1 saturated heterocycles. The summed E-state index contributed by atoms with van der Waals surface area (Å²) in [5.74, 6) is 0. The molecule has 3 nitrogen and oxygen atoms in total. The maximum atomic E-state index is 3.56. The Morgan fingerprint density at radius 3 is 2.31 bits per heavy atom. The summed E-state index contributed by atoms with van der Waals surface area (Å²) in [6.45, 7) is 6.72. The van der Waals surface area contributed by atoms with Gasteiger partial charge in [-0.3, -0.25) is 0 Å². The Hall–Kier alpha value is -0.900. The second-order valence-corrected chi connectivity index (χ2v) is 4.55. The molecule has 1 heterocycles. The van der Waals surface area contributed by atoms with E-state index in [2.05, 4.69) is 59.6 Å². The van der Waals surface area contributed by atoms with E-state index in [-0.39, 0.29) is 0 Å². The first-order valence-corrected chi connectivity index (χ1v) is 6.00. The number of likely N-dealkylation sites (N-methyl/N-ethyl adjacent to an activating group) is 1. The van der Waals surface area contributed by atoms with Crippen molar-refractivity contribution >= 4 is 0 Å². The van der Waals surface area contributed by atoms with Crippen molar-refractivity contribution in [2.45, 2.75) is 13.0 Å². The minimum atomic E-state index is 0.393. The standard InChI is InChI=1S/C13H21N3/c1-12(13-6-4-3-5-7-13)14-16-10-8-15(2)9-11-16/h3-7,12,14H,8-11H2,1-2H3. The van der Waals surface area contributed by atoms with Crippen LogP contribution in [0.2, 0.25) is 0 Å². The summed E-state index contributed by atoms with van der Waals surface area (Å²) in [7, 11) is 2.18. The lowest BCUT2D eigenvalue weighted by atomic mass is 10.1. The van der Waals surface area contributed by atoms with E-state index in [1.54, 1.807) is 0 Å². The van der Waals surface area contributed by atoms with Crippen molar-refractivity contribution in [3.8, 4) is 0 Å². The molecule has 0 spiro atoms. The van der Waals surface area contributed by atoms with Crippen LogP contribution < -0.4 is 5.43 Å². The molecule has 1 atom stereocenters. The van der Waals surface area contributed by atoms with E-state index in [1.165, 1.54) is 5.56 Å². The zero-order valence-electron chi connectivity index (χ0n) is 10.2. The summed E-state index contributed by atoms with van der Waals surface area (Å²) in [5, 5.41) is 2.33. The van der Waals surface area contributed by atoms with Gasteiger partial charge in [0.25, 0.3) is 0 Å². The Balaban J connectivity index is 1.86. The van der Waals surface area contributed by atoms with Gasteiger partial charge in [0.2, 0.25) is 0 Å². The van der Waals surface area contributed by atoms with Crippen LogP contribution in [0.15, 0.2) is 30.3 Å². The maximum absolute atomic E-state index is 3.56. The van der Waals surface area contributed by atoms with Gasteiger partial charge in [-0.25, -0.2) is 10.4 Å². The molecule has 0 aromatic heterocycles. The molecule has 1 unspecified atom stereocenters. The monoisotopic (exact) mass is 219 g/mol. The van der Waals surface area contributed by atoms with Crippen LogP contribution in [-0.2, 0) is 0 Å². The first kappa shape index (κ1) is 11.6. The van der Waals surface area contributed by atoms with Gasteiger partial charge in [0.05, 0.1) is 0 Å². The molecule has 0 aliphatic carbocycles. The fourth-order valence-electron chi connectivity index (χ4n) is 2.03. The van der Waals surface area contributed by atoms with Crippen molar-refractivity contribution in [1.82, 2.24) is 15.3 Å². The van der Waals surface area contributed by atoms with E-state index in [0.717, 1.165) is 26.2 Å². The molecule has 0 radical (unpaired) electrons. The summed E-state index contributed by atoms with van der Waals surface area (Å²) >= 11 is 0. The van der Waals surface area contributed by atoms with Crippen LogP contribution in [-0.4, -0.2) is 43.1 Å². The molecule has 1 aliphatic heterocycles. The van der Waals surface area contributed by atoms with E-state index in [0.29, 0.717) is 6.04 Å². The lowest BCUT2D eigenvalue weighted by Gasteiger charge is -2.34. The maximum Gasteiger partial charge on any atom is 0.0436 e. The van der Waals surface area contributed by atoms with Crippen molar-refractivity contribution in [2.75, 3.05) is 33.2 Å². The van der Waals surface area contributed by atoms with Crippen LogP contribution in [0.25, 0.3) is 0 Å². The summed E-state index contributed by atoms with van der Waals surface area (Å²) < 4.78 is 0. The predicted octanol–water partition coefficient (Wildman–Crippen LogP) is 1.50. The quantitative estimate of drug-likeness (QED) is 0.831. The highest BCUT2D eigenvalue weighted by Crippen LogP contribution is 2.12. The summed E-state index contributed by atoms with van der Waals surface area (Å²) in [5.41, 5.74) is 4.91. The van der Waals surface area contributed by atoms with Gasteiger partial charge in [0, 0.05) is 32.2 Å². The van der Waals surface area contributed by atoms with Gasteiger partial charge in [-0.2, -0.15) is 0 Å². The van der Waals surface area contributed by atoms with Crippen LogP contribution in [0, 0.1) is 0 Å². The first-order valence-electron chi connectivity index (χ1n) is 6.00. The van der Waals surface area contributed by atoms with Crippen LogP contribution >= 0.6 is 0 Å². The predicted molar refractivity (Wildman–Crippen MR) is 67.1 cm³/mol. The lowest BCUT2D eigenvalue weighted by Crippen LogP contribution is -2.51. The van der Waals surface area contributed by atoms with E-state index < -0.39 is 0 Å². The second-order valence-electron chi connectivity index (χ2n) is 4.55. The molecule has 2 rings (SSSR count). The van der Waals surface area contributed by atoms with E-state index >= 15 is 0 Å². The van der Waals surface area contributed by atoms with Gasteiger partial charge in [0.1, 0.15) is 0 Å². The highest BCUT2D eigenvalue weighted by Gasteiger charge is 2.15. The van der Waals surface area contributed by atoms with Gasteiger partial charge in [0.15, 0.2) is 0 Å². The number of piperazine rings is 1. The average Bonchev–Trinajstić information content (AvgIpc) is 2.33. The SMILES string of the molecule is CC(NN1CCN(C)CC1)c1ccccc1. The smallest absolute Gasteiger partial charge is 0.0436 e. The van der Waals surface area contributed by atoms with Crippen molar-refractivity contribution in [1.29, 1.82) is 0 Å². The second kappa shape index (κ2) is 5.43. The topological polar surface area (TPSA) is 18.5 Å². The third kappa shape index (κ3) is 3.04. The van der Waals surface area contributed by atoms with Gasteiger partial charge < -0.3 is 4.90 Å². The van der Waals surface area contributed by atoms with E-state index in [4.69, 9.17) is 0 Å². The Kier molecular flexibility index (Phi) is 3.93. The minimum Gasteiger partial charge on any atom is -0.304 e. The normalized spacial score (nSPS) is 20.9. The van der Waals surface area contributed by atoms with E-state index in [9.17, 15) is 0 Å². The zero-order valence-corrected chi connectivity index (χ0v) is 10.2. The Morgan fingerprint density at radius 1 is 1.06 bits per heavy atom. The summed E-state index contributed by atoms with van der Waals surface area (Å²) in [4.78, 5) is 2.37. The Morgan fingerprint density at radius 2 is 1.69 bits per heavy atom. The Labute approximate surface area is 98.0 Å². The largest absolute Gasteiger partial charge is 0.304 e. The molecule has 1 aromatic rings. The van der Waals surface area contributed by atoms with Crippen LogP contribution in [0.3, 0.4) is 0 Å². The molecule has 1 N–H and O–H groups in total. The van der Waals surface area contributed by atoms with Crippen LogP contribution in [0.5, 0.6) is 0 Å². The number of hydrazine groups is 1. The highest BCUT2D eigenvalue weighted by atomic mass is 15.5. The number of hydrogen-bond donors (Lipinski definition) is 1. The number of benzene rings is 1. The number of nitrogens with zero attached hydrogens (tertiary/aromatic N) is 2. The van der Waals surface area contributed by atoms with Crippen LogP contribution in [0.4, 0.5) is 0 Å². The molecule has 88 valence electrons. The lowest BCUT2D eigenvalue weighted by molar-refractivity contribution is 0.0899. The van der Waals surface area contributed by atoms with Crippen molar-refractivity contribution < 1.29 is 0 Å². The summed E-state index contributed by atoms with van der Waals surface area (Å²) in [6, 6.07) is 11.0. The van der Waals surface area contributed by atoms with Gasteiger partial charge in [-0.05, 0) is 19.5 Å². The first-order chi connectivity index (χ1) is 7.75. The molecule has 1 aromatic carbocycles. The van der Waals surface area contributed by atoms with Crippen molar-refractivity contribution in [3.63, 3.8) is 0 Å². The average molecular weight is 219 g/mol. The fourth-order valence-corrected chi connectivity index (χ4v) is 2.03. The number of rotatable bonds is 3. The zero-order chi connectivity index (χ0) is 11.4. The number of hydrogen-bond acceptors (Lipinski definition) is 3. The molecule has 0 amide bonds. The molecular formula is C13H21N3. The molecule has 3 heteroatoms.